The lowest BCUT2D eigenvalue weighted by atomic mass is 10.00. The molecule has 2 heteroatoms. The first-order chi connectivity index (χ1) is 8.09. The van der Waals surface area contributed by atoms with E-state index in [1.54, 1.807) is 0 Å². The summed E-state index contributed by atoms with van der Waals surface area (Å²) in [6.45, 7) is 7.71. The summed E-state index contributed by atoms with van der Waals surface area (Å²) in [7, 11) is 2.21. The standard InChI is InChI=1S/C15H20N2/c1-9-5-6-12-13-8-16-10(2)7-14(13)17(4)15(12)11(9)3/h5-6,10,16H,7-8H2,1-4H3. The first kappa shape index (κ1) is 10.8. The van der Waals surface area contributed by atoms with Crippen LogP contribution >= 0.6 is 0 Å². The molecule has 0 amide bonds. The molecule has 0 saturated carbocycles. The van der Waals surface area contributed by atoms with Gasteiger partial charge in [0, 0.05) is 37.1 Å². The molecule has 90 valence electrons. The van der Waals surface area contributed by atoms with Gasteiger partial charge >= 0.3 is 0 Å². The highest BCUT2D eigenvalue weighted by molar-refractivity contribution is 5.89. The number of aryl methyl sites for hydroxylation is 3. The topological polar surface area (TPSA) is 17.0 Å². The monoisotopic (exact) mass is 228 g/mol. The van der Waals surface area contributed by atoms with Crippen LogP contribution in [-0.2, 0) is 20.0 Å². The van der Waals surface area contributed by atoms with E-state index in [-0.39, 0.29) is 0 Å². The molecule has 2 nitrogen and oxygen atoms in total. The van der Waals surface area contributed by atoms with Gasteiger partial charge in [-0.1, -0.05) is 12.1 Å². The Balaban J connectivity index is 2.37. The summed E-state index contributed by atoms with van der Waals surface area (Å²) >= 11 is 0. The summed E-state index contributed by atoms with van der Waals surface area (Å²) < 4.78 is 2.41. The molecule has 1 atom stereocenters. The van der Waals surface area contributed by atoms with Crippen molar-refractivity contribution in [1.82, 2.24) is 9.88 Å². The third-order valence-electron chi connectivity index (χ3n) is 4.24. The number of nitrogens with zero attached hydrogens (tertiary/aromatic N) is 1. The lowest BCUT2D eigenvalue weighted by Gasteiger charge is -2.21. The predicted molar refractivity (Wildman–Crippen MR) is 72.4 cm³/mol. The number of hydrogen-bond acceptors (Lipinski definition) is 1. The van der Waals surface area contributed by atoms with Crippen LogP contribution < -0.4 is 5.32 Å². The van der Waals surface area contributed by atoms with Crippen LogP contribution in [-0.4, -0.2) is 10.6 Å². The molecule has 3 rings (SSSR count). The highest BCUT2D eigenvalue weighted by Crippen LogP contribution is 2.31. The second-order valence-corrected chi connectivity index (χ2v) is 5.37. The van der Waals surface area contributed by atoms with Gasteiger partial charge in [0.05, 0.1) is 5.52 Å². The van der Waals surface area contributed by atoms with Gasteiger partial charge in [0.25, 0.3) is 0 Å². The van der Waals surface area contributed by atoms with E-state index in [0.717, 1.165) is 13.0 Å². The van der Waals surface area contributed by atoms with Crippen LogP contribution in [0, 0.1) is 13.8 Å². The molecule has 0 spiro atoms. The third-order valence-corrected chi connectivity index (χ3v) is 4.24. The molecule has 0 aliphatic carbocycles. The molecule has 0 saturated heterocycles. The van der Waals surface area contributed by atoms with Gasteiger partial charge in [-0.2, -0.15) is 0 Å². The van der Waals surface area contributed by atoms with E-state index < -0.39 is 0 Å². The van der Waals surface area contributed by atoms with E-state index in [1.807, 2.05) is 0 Å². The minimum atomic E-state index is 0.590. The Labute approximate surface area is 103 Å². The van der Waals surface area contributed by atoms with Crippen LogP contribution in [0.3, 0.4) is 0 Å². The lowest BCUT2D eigenvalue weighted by Crippen LogP contribution is -2.33. The maximum atomic E-state index is 3.56. The van der Waals surface area contributed by atoms with Gasteiger partial charge < -0.3 is 9.88 Å². The van der Waals surface area contributed by atoms with Crippen molar-refractivity contribution in [3.63, 3.8) is 0 Å². The van der Waals surface area contributed by atoms with E-state index in [4.69, 9.17) is 0 Å². The maximum Gasteiger partial charge on any atom is 0.0515 e. The van der Waals surface area contributed by atoms with Crippen molar-refractivity contribution in [3.05, 3.63) is 34.5 Å². The molecule has 1 aliphatic heterocycles. The minimum Gasteiger partial charge on any atom is -0.347 e. The number of benzene rings is 1. The maximum absolute atomic E-state index is 3.56. The molecule has 17 heavy (non-hydrogen) atoms. The first-order valence-electron chi connectivity index (χ1n) is 6.39. The largest absolute Gasteiger partial charge is 0.347 e. The Hall–Kier alpha value is -1.28. The number of hydrogen-bond donors (Lipinski definition) is 1. The summed E-state index contributed by atoms with van der Waals surface area (Å²) in [5, 5.41) is 5.00. The normalized spacial score (nSPS) is 19.6. The molecule has 1 aliphatic rings. The molecule has 1 N–H and O–H groups in total. The fraction of sp³-hybridized carbons (Fsp3) is 0.467. The smallest absolute Gasteiger partial charge is 0.0515 e. The molecular formula is C15H20N2. The van der Waals surface area contributed by atoms with Gasteiger partial charge in [0.1, 0.15) is 0 Å². The van der Waals surface area contributed by atoms with Crippen molar-refractivity contribution < 1.29 is 0 Å². The Bertz CT molecular complexity index is 593. The van der Waals surface area contributed by atoms with Gasteiger partial charge in [0.15, 0.2) is 0 Å². The summed E-state index contributed by atoms with van der Waals surface area (Å²) in [6, 6.07) is 5.12. The van der Waals surface area contributed by atoms with Crippen molar-refractivity contribution >= 4 is 10.9 Å². The fourth-order valence-electron chi connectivity index (χ4n) is 3.07. The lowest BCUT2D eigenvalue weighted by molar-refractivity contribution is 0.501. The van der Waals surface area contributed by atoms with Gasteiger partial charge in [-0.25, -0.2) is 0 Å². The second kappa shape index (κ2) is 3.61. The van der Waals surface area contributed by atoms with Crippen molar-refractivity contribution in [2.45, 2.75) is 39.8 Å². The van der Waals surface area contributed by atoms with Crippen LogP contribution in [0.4, 0.5) is 0 Å². The average Bonchev–Trinajstić information content (AvgIpc) is 2.58. The minimum absolute atomic E-state index is 0.590. The van der Waals surface area contributed by atoms with Crippen molar-refractivity contribution in [2.24, 2.45) is 7.05 Å². The summed E-state index contributed by atoms with van der Waals surface area (Å²) in [5.41, 5.74) is 7.25. The number of rotatable bonds is 0. The van der Waals surface area contributed by atoms with E-state index in [9.17, 15) is 0 Å². The second-order valence-electron chi connectivity index (χ2n) is 5.37. The number of fused-ring (bicyclic) bond motifs is 3. The Kier molecular flexibility index (Phi) is 2.30. The summed E-state index contributed by atoms with van der Waals surface area (Å²) in [5.74, 6) is 0. The zero-order valence-electron chi connectivity index (χ0n) is 11.1. The van der Waals surface area contributed by atoms with Gasteiger partial charge in [-0.15, -0.1) is 0 Å². The van der Waals surface area contributed by atoms with Crippen LogP contribution in [0.2, 0.25) is 0 Å². The molecule has 0 bridgehead atoms. The number of aromatic nitrogens is 1. The van der Waals surface area contributed by atoms with Crippen LogP contribution in [0.5, 0.6) is 0 Å². The fourth-order valence-corrected chi connectivity index (χ4v) is 3.07. The van der Waals surface area contributed by atoms with Gasteiger partial charge in [-0.05, 0) is 37.5 Å². The van der Waals surface area contributed by atoms with Crippen LogP contribution in [0.25, 0.3) is 10.9 Å². The van der Waals surface area contributed by atoms with E-state index in [2.05, 4.69) is 49.8 Å². The molecule has 1 aromatic carbocycles. The highest BCUT2D eigenvalue weighted by atomic mass is 15.0. The molecule has 2 heterocycles. The molecule has 1 aromatic heterocycles. The van der Waals surface area contributed by atoms with Gasteiger partial charge in [0.2, 0.25) is 0 Å². The average molecular weight is 228 g/mol. The van der Waals surface area contributed by atoms with E-state index in [0.29, 0.717) is 6.04 Å². The van der Waals surface area contributed by atoms with E-state index >= 15 is 0 Å². The number of nitrogens with one attached hydrogen (secondary N) is 1. The summed E-state index contributed by atoms with van der Waals surface area (Å²) in [6.07, 6.45) is 1.14. The molecule has 1 unspecified atom stereocenters. The van der Waals surface area contributed by atoms with Crippen molar-refractivity contribution in [1.29, 1.82) is 0 Å². The summed E-state index contributed by atoms with van der Waals surface area (Å²) in [4.78, 5) is 0. The van der Waals surface area contributed by atoms with Crippen LogP contribution in [0.1, 0.15) is 29.3 Å². The predicted octanol–water partition coefficient (Wildman–Crippen LogP) is 2.83. The molecule has 0 fully saturated rings. The SMILES string of the molecule is Cc1ccc2c3c(n(C)c2c1C)CC(C)NC3. The Morgan fingerprint density at radius 1 is 1.29 bits per heavy atom. The zero-order chi connectivity index (χ0) is 12.2. The first-order valence-corrected chi connectivity index (χ1v) is 6.39. The zero-order valence-corrected chi connectivity index (χ0v) is 11.1. The van der Waals surface area contributed by atoms with Gasteiger partial charge in [-0.3, -0.25) is 0 Å². The quantitative estimate of drug-likeness (QED) is 0.733. The molecule has 2 aromatic rings. The van der Waals surface area contributed by atoms with E-state index in [1.165, 1.54) is 33.3 Å². The van der Waals surface area contributed by atoms with Crippen LogP contribution in [0.15, 0.2) is 12.1 Å². The van der Waals surface area contributed by atoms with Crippen molar-refractivity contribution in [3.8, 4) is 0 Å². The Morgan fingerprint density at radius 2 is 2.06 bits per heavy atom. The molecule has 0 radical (unpaired) electrons. The molecular weight excluding hydrogens is 208 g/mol. The third kappa shape index (κ3) is 1.44. The van der Waals surface area contributed by atoms with Crippen molar-refractivity contribution in [2.75, 3.05) is 0 Å². The highest BCUT2D eigenvalue weighted by Gasteiger charge is 2.22. The Morgan fingerprint density at radius 3 is 2.82 bits per heavy atom.